The summed E-state index contributed by atoms with van der Waals surface area (Å²) in [5, 5.41) is 22.3. The fourth-order valence-electron chi connectivity index (χ4n) is 1.55. The zero-order valence-electron chi connectivity index (χ0n) is 11.3. The van der Waals surface area contributed by atoms with Crippen LogP contribution in [0.15, 0.2) is 24.3 Å². The molecule has 0 amide bonds. The number of rotatable bonds is 7. The molecule has 0 radical (unpaired) electrons. The molecule has 3 N–H and O–H groups in total. The molecule has 0 spiro atoms. The lowest BCUT2D eigenvalue weighted by Gasteiger charge is -2.23. The lowest BCUT2D eigenvalue weighted by atomic mass is 9.95. The fraction of sp³-hybridized carbons (Fsp3) is 0.571. The highest BCUT2D eigenvalue weighted by Crippen LogP contribution is 2.17. The van der Waals surface area contributed by atoms with Crippen molar-refractivity contribution in [1.82, 2.24) is 5.32 Å². The predicted octanol–water partition coefficient (Wildman–Crippen LogP) is 1.34. The Labute approximate surface area is 109 Å². The second kappa shape index (κ2) is 6.73. The summed E-state index contributed by atoms with van der Waals surface area (Å²) in [6.07, 6.45) is -0.551. The molecule has 1 unspecified atom stereocenters. The van der Waals surface area contributed by atoms with Crippen LogP contribution in [0.2, 0.25) is 0 Å². The normalized spacial score (nSPS) is 13.4. The van der Waals surface area contributed by atoms with Gasteiger partial charge in [0.1, 0.15) is 5.75 Å². The number of ether oxygens (including phenoxy) is 1. The molecule has 0 saturated heterocycles. The first-order valence-electron chi connectivity index (χ1n) is 6.12. The molecule has 18 heavy (non-hydrogen) atoms. The summed E-state index contributed by atoms with van der Waals surface area (Å²) < 4.78 is 5.06. The van der Waals surface area contributed by atoms with Crippen LogP contribution in [0.4, 0.5) is 0 Å². The standard InChI is InChI=1S/C14H23NO3/c1-14(2,10-16)9-15-8-13(17)11-4-6-12(18-3)7-5-11/h4-7,13,15-17H,8-10H2,1-3H3. The van der Waals surface area contributed by atoms with Crippen molar-refractivity contribution in [2.24, 2.45) is 5.41 Å². The maximum absolute atomic E-state index is 9.99. The van der Waals surface area contributed by atoms with Gasteiger partial charge in [-0.25, -0.2) is 0 Å². The van der Waals surface area contributed by atoms with Crippen LogP contribution in [0, 0.1) is 5.41 Å². The highest BCUT2D eigenvalue weighted by molar-refractivity contribution is 5.28. The summed E-state index contributed by atoms with van der Waals surface area (Å²) in [6.45, 7) is 5.20. The molecule has 0 aliphatic heterocycles. The average Bonchev–Trinajstić information content (AvgIpc) is 2.38. The average molecular weight is 253 g/mol. The Balaban J connectivity index is 2.42. The van der Waals surface area contributed by atoms with Gasteiger partial charge >= 0.3 is 0 Å². The van der Waals surface area contributed by atoms with E-state index in [-0.39, 0.29) is 12.0 Å². The molecule has 0 saturated carbocycles. The van der Waals surface area contributed by atoms with Crippen LogP contribution in [0.5, 0.6) is 5.75 Å². The fourth-order valence-corrected chi connectivity index (χ4v) is 1.55. The van der Waals surface area contributed by atoms with Gasteiger partial charge in [0.15, 0.2) is 0 Å². The molecule has 1 rings (SSSR count). The van der Waals surface area contributed by atoms with Crippen molar-refractivity contribution >= 4 is 0 Å². The van der Waals surface area contributed by atoms with E-state index in [2.05, 4.69) is 5.32 Å². The largest absolute Gasteiger partial charge is 0.497 e. The molecule has 0 heterocycles. The third kappa shape index (κ3) is 4.64. The lowest BCUT2D eigenvalue weighted by Crippen LogP contribution is -2.34. The third-order valence-corrected chi connectivity index (χ3v) is 2.87. The van der Waals surface area contributed by atoms with Gasteiger partial charge in [-0.15, -0.1) is 0 Å². The van der Waals surface area contributed by atoms with E-state index in [9.17, 15) is 5.11 Å². The van der Waals surface area contributed by atoms with Crippen molar-refractivity contribution in [3.8, 4) is 5.75 Å². The van der Waals surface area contributed by atoms with Gasteiger partial charge in [-0.2, -0.15) is 0 Å². The quantitative estimate of drug-likeness (QED) is 0.686. The SMILES string of the molecule is COc1ccc(C(O)CNCC(C)(C)CO)cc1. The molecule has 0 aliphatic rings. The van der Waals surface area contributed by atoms with Crippen molar-refractivity contribution in [2.45, 2.75) is 20.0 Å². The molecule has 1 aromatic rings. The monoisotopic (exact) mass is 253 g/mol. The first-order chi connectivity index (χ1) is 8.48. The Morgan fingerprint density at radius 3 is 2.39 bits per heavy atom. The van der Waals surface area contributed by atoms with Crippen molar-refractivity contribution in [2.75, 3.05) is 26.8 Å². The Morgan fingerprint density at radius 2 is 1.89 bits per heavy atom. The number of benzene rings is 1. The third-order valence-electron chi connectivity index (χ3n) is 2.87. The maximum Gasteiger partial charge on any atom is 0.118 e. The van der Waals surface area contributed by atoms with Crippen LogP contribution in [0.25, 0.3) is 0 Å². The molecule has 0 aromatic heterocycles. The minimum Gasteiger partial charge on any atom is -0.497 e. The number of hydrogen-bond acceptors (Lipinski definition) is 4. The van der Waals surface area contributed by atoms with Gasteiger partial charge in [-0.1, -0.05) is 26.0 Å². The van der Waals surface area contributed by atoms with Gasteiger partial charge in [0.2, 0.25) is 0 Å². The van der Waals surface area contributed by atoms with E-state index in [1.807, 2.05) is 38.1 Å². The minimum atomic E-state index is -0.551. The van der Waals surface area contributed by atoms with E-state index in [1.165, 1.54) is 0 Å². The first-order valence-corrected chi connectivity index (χ1v) is 6.12. The molecular weight excluding hydrogens is 230 g/mol. The number of aliphatic hydroxyl groups excluding tert-OH is 2. The lowest BCUT2D eigenvalue weighted by molar-refractivity contribution is 0.138. The van der Waals surface area contributed by atoms with Crippen LogP contribution in [0.3, 0.4) is 0 Å². The van der Waals surface area contributed by atoms with Crippen LogP contribution >= 0.6 is 0 Å². The summed E-state index contributed by atoms with van der Waals surface area (Å²) >= 11 is 0. The van der Waals surface area contributed by atoms with Crippen LogP contribution < -0.4 is 10.1 Å². The minimum absolute atomic E-state index is 0.124. The van der Waals surface area contributed by atoms with Gasteiger partial charge in [-0.3, -0.25) is 0 Å². The Hall–Kier alpha value is -1.10. The molecule has 0 aliphatic carbocycles. The van der Waals surface area contributed by atoms with E-state index in [1.54, 1.807) is 7.11 Å². The van der Waals surface area contributed by atoms with Gasteiger partial charge in [0.05, 0.1) is 13.2 Å². The van der Waals surface area contributed by atoms with Crippen molar-refractivity contribution < 1.29 is 14.9 Å². The number of nitrogens with one attached hydrogen (secondary N) is 1. The van der Waals surface area contributed by atoms with E-state index in [4.69, 9.17) is 9.84 Å². The summed E-state index contributed by atoms with van der Waals surface area (Å²) in [5.74, 6) is 0.778. The Morgan fingerprint density at radius 1 is 1.28 bits per heavy atom. The topological polar surface area (TPSA) is 61.7 Å². The molecule has 1 aromatic carbocycles. The molecule has 102 valence electrons. The second-order valence-corrected chi connectivity index (χ2v) is 5.24. The first kappa shape index (κ1) is 15.0. The van der Waals surface area contributed by atoms with Gasteiger partial charge in [0.25, 0.3) is 0 Å². The summed E-state index contributed by atoms with van der Waals surface area (Å²) in [7, 11) is 1.62. The summed E-state index contributed by atoms with van der Waals surface area (Å²) in [4.78, 5) is 0. The van der Waals surface area contributed by atoms with Gasteiger partial charge in [-0.05, 0) is 17.7 Å². The highest BCUT2D eigenvalue weighted by Gasteiger charge is 2.16. The van der Waals surface area contributed by atoms with E-state index in [0.29, 0.717) is 13.1 Å². The Bertz CT molecular complexity index is 349. The van der Waals surface area contributed by atoms with Gasteiger partial charge in [0, 0.05) is 25.1 Å². The van der Waals surface area contributed by atoms with Gasteiger partial charge < -0.3 is 20.3 Å². The summed E-state index contributed by atoms with van der Waals surface area (Å²) in [5.41, 5.74) is 0.685. The Kier molecular flexibility index (Phi) is 5.59. The predicted molar refractivity (Wildman–Crippen MR) is 71.7 cm³/mol. The van der Waals surface area contributed by atoms with Crippen molar-refractivity contribution in [3.63, 3.8) is 0 Å². The van der Waals surface area contributed by atoms with Crippen LogP contribution in [-0.2, 0) is 0 Å². The van der Waals surface area contributed by atoms with E-state index < -0.39 is 6.10 Å². The van der Waals surface area contributed by atoms with Crippen molar-refractivity contribution in [3.05, 3.63) is 29.8 Å². The molecule has 0 bridgehead atoms. The zero-order valence-corrected chi connectivity index (χ0v) is 11.3. The molecule has 4 heteroatoms. The highest BCUT2D eigenvalue weighted by atomic mass is 16.5. The molecule has 1 atom stereocenters. The van der Waals surface area contributed by atoms with E-state index in [0.717, 1.165) is 11.3 Å². The van der Waals surface area contributed by atoms with E-state index >= 15 is 0 Å². The van der Waals surface area contributed by atoms with Crippen LogP contribution in [-0.4, -0.2) is 37.0 Å². The zero-order chi connectivity index (χ0) is 13.6. The van der Waals surface area contributed by atoms with Crippen molar-refractivity contribution in [1.29, 1.82) is 0 Å². The summed E-state index contributed by atoms with van der Waals surface area (Å²) in [6, 6.07) is 7.36. The molecular formula is C14H23NO3. The number of hydrogen-bond donors (Lipinski definition) is 3. The van der Waals surface area contributed by atoms with Crippen LogP contribution in [0.1, 0.15) is 25.5 Å². The maximum atomic E-state index is 9.99. The second-order valence-electron chi connectivity index (χ2n) is 5.24. The molecule has 0 fully saturated rings. The number of methoxy groups -OCH3 is 1. The molecule has 4 nitrogen and oxygen atoms in total. The smallest absolute Gasteiger partial charge is 0.118 e. The number of aliphatic hydroxyl groups is 2.